The van der Waals surface area contributed by atoms with Crippen molar-refractivity contribution < 1.29 is 41.1 Å². The molecule has 2 aliphatic rings. The summed E-state index contributed by atoms with van der Waals surface area (Å²) in [5.74, 6) is -2.37. The van der Waals surface area contributed by atoms with Crippen LogP contribution in [0.1, 0.15) is 30.7 Å². The van der Waals surface area contributed by atoms with Crippen molar-refractivity contribution in [3.8, 4) is 5.75 Å². The molecule has 0 saturated carbocycles. The number of hydrogen-bond donors (Lipinski definition) is 0. The lowest BCUT2D eigenvalue weighted by Gasteiger charge is -2.32. The fourth-order valence-corrected chi connectivity index (χ4v) is 3.98. The van der Waals surface area contributed by atoms with Crippen LogP contribution in [0, 0.1) is 18.6 Å². The molecule has 2 aliphatic heterocycles. The molecule has 1 fully saturated rings. The van der Waals surface area contributed by atoms with Crippen LogP contribution in [0.25, 0.3) is 0 Å². The molecule has 1 unspecified atom stereocenters. The lowest BCUT2D eigenvalue weighted by molar-refractivity contribution is -0.142. The highest BCUT2D eigenvalue weighted by Crippen LogP contribution is 2.28. The van der Waals surface area contributed by atoms with Crippen LogP contribution in [0.4, 0.5) is 22.0 Å². The Labute approximate surface area is 203 Å². The normalized spacial score (nSPS) is 18.8. The van der Waals surface area contributed by atoms with Gasteiger partial charge in [0.1, 0.15) is 13.2 Å². The van der Waals surface area contributed by atoms with E-state index in [0.29, 0.717) is 38.1 Å². The molecule has 1 saturated heterocycles. The van der Waals surface area contributed by atoms with E-state index >= 15 is 0 Å². The highest BCUT2D eigenvalue weighted by atomic mass is 19.4. The Morgan fingerprint density at radius 1 is 1.19 bits per heavy atom. The van der Waals surface area contributed by atoms with E-state index in [1.807, 2.05) is 0 Å². The summed E-state index contributed by atoms with van der Waals surface area (Å²) < 4.78 is 77.9. The SMILES string of the molecule is Cc1cc(C(F)(F)F)nn1CC(=O)N1CCC(OCC2=NOC(COc3c(F)cccc3F)C2)CC1. The fourth-order valence-electron chi connectivity index (χ4n) is 3.98. The number of carbonyl (C=O) groups is 1. The second-order valence-corrected chi connectivity index (χ2v) is 8.67. The van der Waals surface area contributed by atoms with Gasteiger partial charge in [0, 0.05) is 25.2 Å². The van der Waals surface area contributed by atoms with E-state index in [4.69, 9.17) is 14.3 Å². The molecule has 13 heteroatoms. The van der Waals surface area contributed by atoms with Gasteiger partial charge in [0.05, 0.1) is 18.4 Å². The highest BCUT2D eigenvalue weighted by Gasteiger charge is 2.35. The fraction of sp³-hybridized carbons (Fsp3) is 0.522. The summed E-state index contributed by atoms with van der Waals surface area (Å²) in [6.07, 6.45) is -3.67. The third-order valence-electron chi connectivity index (χ3n) is 5.96. The summed E-state index contributed by atoms with van der Waals surface area (Å²) in [6.45, 7) is 2.15. The Kier molecular flexibility index (Phi) is 7.76. The average molecular weight is 516 g/mol. The number of aromatic nitrogens is 2. The topological polar surface area (TPSA) is 78.2 Å². The maximum atomic E-state index is 13.7. The molecule has 0 N–H and O–H groups in total. The van der Waals surface area contributed by atoms with E-state index < -0.39 is 35.4 Å². The number of para-hydroxylation sites is 1. The van der Waals surface area contributed by atoms with E-state index in [1.165, 1.54) is 13.0 Å². The maximum absolute atomic E-state index is 13.7. The van der Waals surface area contributed by atoms with Crippen LogP contribution in [0.15, 0.2) is 29.4 Å². The zero-order valence-electron chi connectivity index (χ0n) is 19.4. The minimum Gasteiger partial charge on any atom is -0.484 e. The molecule has 0 bridgehead atoms. The standard InChI is InChI=1S/C23H25F5N4O4/c1-14-9-20(23(26,27)28)29-32(14)11-21(33)31-7-5-16(6-8-31)34-12-15-10-17(36-30-15)13-35-22-18(24)3-2-4-19(22)25/h2-4,9,16-17H,5-8,10-13H2,1H3. The third kappa shape index (κ3) is 6.31. The molecule has 196 valence electrons. The first-order valence-electron chi connectivity index (χ1n) is 11.4. The zero-order valence-corrected chi connectivity index (χ0v) is 19.4. The van der Waals surface area contributed by atoms with Gasteiger partial charge in [-0.3, -0.25) is 9.48 Å². The molecule has 1 atom stereocenters. The average Bonchev–Trinajstić information content (AvgIpc) is 3.44. The van der Waals surface area contributed by atoms with Crippen molar-refractivity contribution >= 4 is 11.6 Å². The summed E-state index contributed by atoms with van der Waals surface area (Å²) in [6, 6.07) is 4.36. The van der Waals surface area contributed by atoms with E-state index in [2.05, 4.69) is 10.3 Å². The number of hydrogen-bond acceptors (Lipinski definition) is 6. The minimum absolute atomic E-state index is 0.0778. The van der Waals surface area contributed by atoms with Gasteiger partial charge in [-0.2, -0.15) is 18.3 Å². The summed E-state index contributed by atoms with van der Waals surface area (Å²) in [5.41, 5.74) is -0.131. The van der Waals surface area contributed by atoms with Crippen molar-refractivity contribution in [2.45, 2.75) is 51.1 Å². The number of oxime groups is 1. The van der Waals surface area contributed by atoms with Crippen LogP contribution in [-0.2, 0) is 27.1 Å². The number of nitrogens with zero attached hydrogens (tertiary/aromatic N) is 4. The zero-order chi connectivity index (χ0) is 25.9. The number of ether oxygens (including phenoxy) is 2. The number of amides is 1. The summed E-state index contributed by atoms with van der Waals surface area (Å²) in [7, 11) is 0. The third-order valence-corrected chi connectivity index (χ3v) is 5.96. The minimum atomic E-state index is -4.56. The molecular weight excluding hydrogens is 491 g/mol. The van der Waals surface area contributed by atoms with Gasteiger partial charge in [0.2, 0.25) is 5.91 Å². The number of piperidine rings is 1. The van der Waals surface area contributed by atoms with Gasteiger partial charge in [-0.25, -0.2) is 8.78 Å². The number of aryl methyl sites for hydroxylation is 1. The van der Waals surface area contributed by atoms with E-state index in [9.17, 15) is 26.7 Å². The second kappa shape index (κ2) is 10.8. The molecule has 36 heavy (non-hydrogen) atoms. The van der Waals surface area contributed by atoms with Crippen molar-refractivity contribution in [2.24, 2.45) is 5.16 Å². The van der Waals surface area contributed by atoms with Crippen molar-refractivity contribution in [3.63, 3.8) is 0 Å². The van der Waals surface area contributed by atoms with Gasteiger partial charge >= 0.3 is 6.18 Å². The molecule has 1 aromatic heterocycles. The Balaban J connectivity index is 1.16. The molecule has 1 aromatic carbocycles. The van der Waals surface area contributed by atoms with Crippen molar-refractivity contribution in [1.82, 2.24) is 14.7 Å². The molecule has 1 amide bonds. The number of rotatable bonds is 8. The Bertz CT molecular complexity index is 1090. The molecule has 0 radical (unpaired) electrons. The number of likely N-dealkylation sites (tertiary alicyclic amines) is 1. The van der Waals surface area contributed by atoms with Crippen molar-refractivity contribution in [2.75, 3.05) is 26.3 Å². The van der Waals surface area contributed by atoms with Crippen LogP contribution < -0.4 is 4.74 Å². The van der Waals surface area contributed by atoms with Crippen LogP contribution in [0.3, 0.4) is 0 Å². The molecule has 0 aliphatic carbocycles. The van der Waals surface area contributed by atoms with Crippen LogP contribution in [0.5, 0.6) is 5.75 Å². The maximum Gasteiger partial charge on any atom is 0.435 e. The largest absolute Gasteiger partial charge is 0.484 e. The Morgan fingerprint density at radius 3 is 2.53 bits per heavy atom. The lowest BCUT2D eigenvalue weighted by Crippen LogP contribution is -2.42. The molecular formula is C23H25F5N4O4. The highest BCUT2D eigenvalue weighted by molar-refractivity contribution is 5.86. The van der Waals surface area contributed by atoms with Crippen LogP contribution in [-0.4, -0.2) is 64.8 Å². The van der Waals surface area contributed by atoms with E-state index in [-0.39, 0.29) is 37.5 Å². The van der Waals surface area contributed by atoms with Gasteiger partial charge < -0.3 is 19.2 Å². The molecule has 2 aromatic rings. The van der Waals surface area contributed by atoms with Crippen LogP contribution >= 0.6 is 0 Å². The first-order chi connectivity index (χ1) is 17.1. The predicted octanol–water partition coefficient (Wildman–Crippen LogP) is 3.72. The van der Waals surface area contributed by atoms with Crippen molar-refractivity contribution in [1.29, 1.82) is 0 Å². The second-order valence-electron chi connectivity index (χ2n) is 8.67. The van der Waals surface area contributed by atoms with Gasteiger partial charge in [-0.1, -0.05) is 11.2 Å². The summed E-state index contributed by atoms with van der Waals surface area (Å²) in [4.78, 5) is 19.4. The first-order valence-corrected chi connectivity index (χ1v) is 11.4. The number of benzene rings is 1. The predicted molar refractivity (Wildman–Crippen MR) is 116 cm³/mol. The van der Waals surface area contributed by atoms with E-state index in [0.717, 1.165) is 22.9 Å². The van der Waals surface area contributed by atoms with Gasteiger partial charge in [0.25, 0.3) is 0 Å². The number of halogens is 5. The van der Waals surface area contributed by atoms with Gasteiger partial charge in [-0.15, -0.1) is 0 Å². The smallest absolute Gasteiger partial charge is 0.435 e. The molecule has 4 rings (SSSR count). The van der Waals surface area contributed by atoms with Gasteiger partial charge in [0.15, 0.2) is 29.2 Å². The Morgan fingerprint density at radius 2 is 1.89 bits per heavy atom. The first kappa shape index (κ1) is 25.9. The van der Waals surface area contributed by atoms with Crippen molar-refractivity contribution in [3.05, 3.63) is 47.3 Å². The number of alkyl halides is 3. The van der Waals surface area contributed by atoms with E-state index in [1.54, 1.807) is 4.90 Å². The molecule has 8 nitrogen and oxygen atoms in total. The Hall–Kier alpha value is -3.22. The lowest BCUT2D eigenvalue weighted by atomic mass is 10.1. The number of carbonyl (C=O) groups excluding carboxylic acids is 1. The summed E-state index contributed by atoms with van der Waals surface area (Å²) in [5, 5.41) is 7.44. The van der Waals surface area contributed by atoms with Gasteiger partial charge in [-0.05, 0) is 38.0 Å². The van der Waals surface area contributed by atoms with Crippen LogP contribution in [0.2, 0.25) is 0 Å². The quantitative estimate of drug-likeness (QED) is 0.500. The molecule has 3 heterocycles. The summed E-state index contributed by atoms with van der Waals surface area (Å²) >= 11 is 0. The monoisotopic (exact) mass is 516 g/mol. The molecule has 0 spiro atoms.